The average molecular weight is 279 g/mol. The molecule has 6 nitrogen and oxygen atoms in total. The number of rotatable bonds is 3. The van der Waals surface area contributed by atoms with Crippen LogP contribution in [0.2, 0.25) is 0 Å². The molecule has 20 heavy (non-hydrogen) atoms. The van der Waals surface area contributed by atoms with E-state index in [1.54, 1.807) is 24.3 Å². The lowest BCUT2D eigenvalue weighted by molar-refractivity contribution is -0.143. The van der Waals surface area contributed by atoms with Gasteiger partial charge < -0.3 is 14.4 Å². The molecule has 1 amide bonds. The topological polar surface area (TPSA) is 64.5 Å². The van der Waals surface area contributed by atoms with Gasteiger partial charge in [-0.15, -0.1) is 0 Å². The Morgan fingerprint density at radius 1 is 1.60 bits per heavy atom. The van der Waals surface area contributed by atoms with Gasteiger partial charge >= 0.3 is 0 Å². The lowest BCUT2D eigenvalue weighted by Crippen LogP contribution is -2.55. The van der Waals surface area contributed by atoms with Crippen molar-refractivity contribution in [2.45, 2.75) is 32.5 Å². The highest BCUT2D eigenvalue weighted by molar-refractivity contribution is 5.90. The third kappa shape index (κ3) is 3.52. The van der Waals surface area contributed by atoms with Crippen LogP contribution >= 0.6 is 0 Å². The minimum atomic E-state index is -0.402. The minimum absolute atomic E-state index is 0.127. The summed E-state index contributed by atoms with van der Waals surface area (Å²) in [6.45, 7) is 7.24. The van der Waals surface area contributed by atoms with Crippen LogP contribution in [0.3, 0.4) is 0 Å². The van der Waals surface area contributed by atoms with Crippen molar-refractivity contribution in [1.82, 2.24) is 14.9 Å². The van der Waals surface area contributed by atoms with E-state index in [1.807, 2.05) is 20.8 Å². The molecule has 1 aliphatic heterocycles. The fraction of sp³-hybridized carbons (Fsp3) is 0.643. The molecule has 1 saturated heterocycles. The largest absolute Gasteiger partial charge is 0.382 e. The number of carbonyl (C=O) groups excluding carboxylic acids is 1. The summed E-state index contributed by atoms with van der Waals surface area (Å²) in [5, 5.41) is 0. The van der Waals surface area contributed by atoms with Gasteiger partial charge in [0.1, 0.15) is 0 Å². The van der Waals surface area contributed by atoms with E-state index in [0.29, 0.717) is 19.7 Å². The number of morpholine rings is 1. The monoisotopic (exact) mass is 279 g/mol. The van der Waals surface area contributed by atoms with E-state index < -0.39 is 5.60 Å². The summed E-state index contributed by atoms with van der Waals surface area (Å²) in [5.74, 6) is 0.0741. The molecule has 2 rings (SSSR count). The van der Waals surface area contributed by atoms with Gasteiger partial charge in [0, 0.05) is 32.1 Å². The van der Waals surface area contributed by atoms with Crippen molar-refractivity contribution in [2.75, 3.05) is 26.8 Å². The number of methoxy groups -OCH3 is 1. The molecule has 1 atom stereocenters. The zero-order valence-corrected chi connectivity index (χ0v) is 12.4. The maximum Gasteiger partial charge on any atom is 0.291 e. The Labute approximate surface area is 119 Å². The SMILES string of the molecule is COCC1CN(C(=O)c2nccc(C)n2)CC(C)(C)O1. The van der Waals surface area contributed by atoms with Crippen molar-refractivity contribution in [3.05, 3.63) is 23.8 Å². The van der Waals surface area contributed by atoms with E-state index >= 15 is 0 Å². The third-order valence-corrected chi connectivity index (χ3v) is 3.11. The van der Waals surface area contributed by atoms with Gasteiger partial charge in [0.05, 0.1) is 18.3 Å². The number of ether oxygens (including phenoxy) is 2. The van der Waals surface area contributed by atoms with E-state index in [9.17, 15) is 4.79 Å². The van der Waals surface area contributed by atoms with Gasteiger partial charge in [-0.05, 0) is 26.8 Å². The number of amides is 1. The Hall–Kier alpha value is -1.53. The first kappa shape index (κ1) is 14.9. The van der Waals surface area contributed by atoms with Crippen LogP contribution in [0.4, 0.5) is 0 Å². The number of hydrogen-bond acceptors (Lipinski definition) is 5. The summed E-state index contributed by atoms with van der Waals surface area (Å²) in [6.07, 6.45) is 1.48. The molecule has 1 fully saturated rings. The molecule has 1 aromatic heterocycles. The van der Waals surface area contributed by atoms with E-state index in [1.165, 1.54) is 0 Å². The first-order valence-electron chi connectivity index (χ1n) is 6.67. The molecule has 1 aliphatic rings. The standard InChI is InChI=1S/C14H21N3O3/c1-10-5-6-15-12(16-10)13(18)17-7-11(8-19-4)20-14(2,3)9-17/h5-6,11H,7-9H2,1-4H3. The fourth-order valence-electron chi connectivity index (χ4n) is 2.42. The van der Waals surface area contributed by atoms with Gasteiger partial charge in [-0.2, -0.15) is 0 Å². The second-order valence-electron chi connectivity index (χ2n) is 5.66. The van der Waals surface area contributed by atoms with Crippen LogP contribution in [0.25, 0.3) is 0 Å². The van der Waals surface area contributed by atoms with Gasteiger partial charge in [0.2, 0.25) is 5.82 Å². The molecule has 0 saturated carbocycles. The predicted octanol–water partition coefficient (Wildman–Crippen LogP) is 1.05. The Balaban J connectivity index is 2.16. The second kappa shape index (κ2) is 5.85. The smallest absolute Gasteiger partial charge is 0.291 e. The molecule has 0 N–H and O–H groups in total. The highest BCUT2D eigenvalue weighted by Gasteiger charge is 2.36. The highest BCUT2D eigenvalue weighted by Crippen LogP contribution is 2.22. The van der Waals surface area contributed by atoms with Gasteiger partial charge in [0.25, 0.3) is 5.91 Å². The Bertz CT molecular complexity index is 490. The molecule has 0 spiro atoms. The first-order valence-corrected chi connectivity index (χ1v) is 6.67. The summed E-state index contributed by atoms with van der Waals surface area (Å²) >= 11 is 0. The van der Waals surface area contributed by atoms with Gasteiger partial charge in [-0.25, -0.2) is 9.97 Å². The lowest BCUT2D eigenvalue weighted by Gasteiger charge is -2.42. The van der Waals surface area contributed by atoms with Crippen molar-refractivity contribution < 1.29 is 14.3 Å². The Morgan fingerprint density at radius 2 is 2.35 bits per heavy atom. The van der Waals surface area contributed by atoms with Crippen molar-refractivity contribution in [3.8, 4) is 0 Å². The van der Waals surface area contributed by atoms with E-state index in [-0.39, 0.29) is 17.8 Å². The number of nitrogens with zero attached hydrogens (tertiary/aromatic N) is 3. The zero-order chi connectivity index (χ0) is 14.8. The molecular weight excluding hydrogens is 258 g/mol. The van der Waals surface area contributed by atoms with Crippen LogP contribution in [0.1, 0.15) is 30.2 Å². The van der Waals surface area contributed by atoms with Crippen molar-refractivity contribution in [2.24, 2.45) is 0 Å². The van der Waals surface area contributed by atoms with Crippen LogP contribution in [0, 0.1) is 6.92 Å². The second-order valence-corrected chi connectivity index (χ2v) is 5.66. The molecule has 1 unspecified atom stereocenters. The van der Waals surface area contributed by atoms with E-state index in [4.69, 9.17) is 9.47 Å². The maximum atomic E-state index is 12.5. The summed E-state index contributed by atoms with van der Waals surface area (Å²) in [7, 11) is 1.63. The number of hydrogen-bond donors (Lipinski definition) is 0. The van der Waals surface area contributed by atoms with Gasteiger partial charge in [-0.3, -0.25) is 4.79 Å². The molecule has 6 heteroatoms. The number of aromatic nitrogens is 2. The van der Waals surface area contributed by atoms with Crippen LogP contribution in [0.5, 0.6) is 0 Å². The molecule has 110 valence electrons. The zero-order valence-electron chi connectivity index (χ0n) is 12.4. The third-order valence-electron chi connectivity index (χ3n) is 3.11. The molecule has 1 aromatic rings. The Kier molecular flexibility index (Phi) is 4.35. The van der Waals surface area contributed by atoms with E-state index in [2.05, 4.69) is 9.97 Å². The number of carbonyl (C=O) groups is 1. The number of aryl methyl sites for hydroxylation is 1. The van der Waals surface area contributed by atoms with E-state index in [0.717, 1.165) is 5.69 Å². The molecule has 0 aromatic carbocycles. The van der Waals surface area contributed by atoms with Gasteiger partial charge in [-0.1, -0.05) is 0 Å². The van der Waals surface area contributed by atoms with Crippen molar-refractivity contribution in [3.63, 3.8) is 0 Å². The van der Waals surface area contributed by atoms with Crippen LogP contribution in [0.15, 0.2) is 12.3 Å². The normalized spacial score (nSPS) is 21.8. The predicted molar refractivity (Wildman–Crippen MR) is 73.5 cm³/mol. The molecule has 0 aliphatic carbocycles. The van der Waals surface area contributed by atoms with Crippen LogP contribution < -0.4 is 0 Å². The molecule has 0 bridgehead atoms. The summed E-state index contributed by atoms with van der Waals surface area (Å²) in [6, 6.07) is 1.77. The summed E-state index contributed by atoms with van der Waals surface area (Å²) in [5.41, 5.74) is 0.380. The average Bonchev–Trinajstić information content (AvgIpc) is 2.36. The van der Waals surface area contributed by atoms with Crippen LogP contribution in [-0.2, 0) is 9.47 Å². The minimum Gasteiger partial charge on any atom is -0.382 e. The summed E-state index contributed by atoms with van der Waals surface area (Å²) in [4.78, 5) is 22.5. The quantitative estimate of drug-likeness (QED) is 0.827. The lowest BCUT2D eigenvalue weighted by atomic mass is 10.1. The summed E-state index contributed by atoms with van der Waals surface area (Å²) < 4.78 is 11.0. The van der Waals surface area contributed by atoms with Crippen LogP contribution in [-0.4, -0.2) is 59.3 Å². The Morgan fingerprint density at radius 3 is 3.00 bits per heavy atom. The first-order chi connectivity index (χ1) is 9.41. The molecule has 0 radical (unpaired) electrons. The molecular formula is C14H21N3O3. The maximum absolute atomic E-state index is 12.5. The van der Waals surface area contributed by atoms with Crippen molar-refractivity contribution >= 4 is 5.91 Å². The highest BCUT2D eigenvalue weighted by atomic mass is 16.5. The molecule has 2 heterocycles. The fourth-order valence-corrected chi connectivity index (χ4v) is 2.42. The van der Waals surface area contributed by atoms with Gasteiger partial charge in [0.15, 0.2) is 0 Å². The van der Waals surface area contributed by atoms with Crippen molar-refractivity contribution in [1.29, 1.82) is 0 Å².